The predicted molar refractivity (Wildman–Crippen MR) is 139 cm³/mol. The maximum absolute atomic E-state index is 13.3. The van der Waals surface area contributed by atoms with E-state index < -0.39 is 17.5 Å². The molecule has 0 unspecified atom stereocenters. The number of amides is 1. The molecular weight excluding hydrogens is 498 g/mol. The molecule has 0 saturated heterocycles. The lowest BCUT2D eigenvalue weighted by molar-refractivity contribution is -0.116. The van der Waals surface area contributed by atoms with E-state index in [0.717, 1.165) is 0 Å². The molecular formula is C27H31NO10. The minimum atomic E-state index is -0.942. The van der Waals surface area contributed by atoms with Crippen molar-refractivity contribution in [2.75, 3.05) is 48.0 Å². The van der Waals surface area contributed by atoms with E-state index in [1.165, 1.54) is 55.6 Å². The molecule has 3 aromatic rings. The Hall–Kier alpha value is -4.54. The molecule has 1 atom stereocenters. The SMILES string of the molecule is COc1cc(NC(=O)C[C@H](c2cc(OC)c(OC)c(OC)c2)c2c(O)cc(C)oc2=O)cc(OC)c1OC. The number of carbonyl (C=O) groups is 1. The van der Waals surface area contributed by atoms with Gasteiger partial charge in [0.2, 0.25) is 17.4 Å². The molecule has 11 heteroatoms. The number of hydrogen-bond acceptors (Lipinski definition) is 10. The highest BCUT2D eigenvalue weighted by Gasteiger charge is 2.28. The Bertz CT molecular complexity index is 1310. The molecule has 1 aromatic heterocycles. The summed E-state index contributed by atoms with van der Waals surface area (Å²) < 4.78 is 37.6. The van der Waals surface area contributed by atoms with E-state index in [0.29, 0.717) is 45.7 Å². The fraction of sp³-hybridized carbons (Fsp3) is 0.333. The van der Waals surface area contributed by atoms with Crippen molar-refractivity contribution in [1.82, 2.24) is 0 Å². The summed E-state index contributed by atoms with van der Waals surface area (Å²) in [6, 6.07) is 7.69. The van der Waals surface area contributed by atoms with Crippen LogP contribution in [0.2, 0.25) is 0 Å². The monoisotopic (exact) mass is 529 g/mol. The fourth-order valence-corrected chi connectivity index (χ4v) is 4.17. The van der Waals surface area contributed by atoms with E-state index in [9.17, 15) is 14.7 Å². The van der Waals surface area contributed by atoms with Crippen LogP contribution >= 0.6 is 0 Å². The van der Waals surface area contributed by atoms with Crippen LogP contribution in [-0.4, -0.2) is 53.7 Å². The number of benzene rings is 2. The molecule has 11 nitrogen and oxygen atoms in total. The third-order valence-electron chi connectivity index (χ3n) is 5.87. The Morgan fingerprint density at radius 1 is 0.816 bits per heavy atom. The molecule has 0 fully saturated rings. The first-order valence-electron chi connectivity index (χ1n) is 11.4. The molecule has 0 radical (unpaired) electrons. The zero-order chi connectivity index (χ0) is 28.0. The second-order valence-electron chi connectivity index (χ2n) is 8.12. The number of hydrogen-bond donors (Lipinski definition) is 2. The average molecular weight is 530 g/mol. The molecule has 0 saturated carbocycles. The number of aryl methyl sites for hydroxylation is 1. The van der Waals surface area contributed by atoms with Crippen molar-refractivity contribution in [3.05, 3.63) is 57.6 Å². The summed E-state index contributed by atoms with van der Waals surface area (Å²) in [5.41, 5.74) is -0.0500. The number of nitrogens with one attached hydrogen (secondary N) is 1. The second-order valence-corrected chi connectivity index (χ2v) is 8.12. The lowest BCUT2D eigenvalue weighted by Crippen LogP contribution is -2.21. The average Bonchev–Trinajstić information content (AvgIpc) is 2.90. The molecule has 0 aliphatic carbocycles. The Morgan fingerprint density at radius 2 is 1.29 bits per heavy atom. The molecule has 2 N–H and O–H groups in total. The number of ether oxygens (including phenoxy) is 6. The van der Waals surface area contributed by atoms with Gasteiger partial charge >= 0.3 is 5.63 Å². The minimum absolute atomic E-state index is 0.0927. The van der Waals surface area contributed by atoms with Gasteiger partial charge in [0.25, 0.3) is 0 Å². The van der Waals surface area contributed by atoms with Crippen LogP contribution in [0, 0.1) is 6.92 Å². The molecule has 0 bridgehead atoms. The second kappa shape index (κ2) is 12.1. The van der Waals surface area contributed by atoms with Crippen LogP contribution in [0.15, 0.2) is 39.5 Å². The van der Waals surface area contributed by atoms with Gasteiger partial charge in [-0.1, -0.05) is 0 Å². The van der Waals surface area contributed by atoms with E-state index in [2.05, 4.69) is 5.32 Å². The van der Waals surface area contributed by atoms with Gasteiger partial charge in [0.1, 0.15) is 11.5 Å². The van der Waals surface area contributed by atoms with Crippen molar-refractivity contribution in [2.24, 2.45) is 0 Å². The van der Waals surface area contributed by atoms with Gasteiger partial charge in [0.15, 0.2) is 23.0 Å². The smallest absolute Gasteiger partial charge is 0.343 e. The lowest BCUT2D eigenvalue weighted by atomic mass is 9.88. The van der Waals surface area contributed by atoms with E-state index in [4.69, 9.17) is 32.8 Å². The van der Waals surface area contributed by atoms with Crippen molar-refractivity contribution in [3.63, 3.8) is 0 Å². The first kappa shape index (κ1) is 28.0. The summed E-state index contributed by atoms with van der Waals surface area (Å²) >= 11 is 0. The van der Waals surface area contributed by atoms with Crippen LogP contribution in [-0.2, 0) is 4.79 Å². The number of methoxy groups -OCH3 is 6. The first-order chi connectivity index (χ1) is 18.2. The van der Waals surface area contributed by atoms with Crippen LogP contribution in [0.1, 0.15) is 29.2 Å². The Balaban J connectivity index is 2.10. The van der Waals surface area contributed by atoms with Crippen LogP contribution in [0.25, 0.3) is 0 Å². The topological polar surface area (TPSA) is 135 Å². The molecule has 3 rings (SSSR count). The van der Waals surface area contributed by atoms with Gasteiger partial charge in [-0.2, -0.15) is 0 Å². The quantitative estimate of drug-likeness (QED) is 0.377. The molecule has 2 aromatic carbocycles. The van der Waals surface area contributed by atoms with Gasteiger partial charge < -0.3 is 43.3 Å². The molecule has 38 heavy (non-hydrogen) atoms. The van der Waals surface area contributed by atoms with Crippen molar-refractivity contribution < 1.29 is 42.7 Å². The van der Waals surface area contributed by atoms with E-state index >= 15 is 0 Å². The van der Waals surface area contributed by atoms with Crippen LogP contribution in [0.3, 0.4) is 0 Å². The summed E-state index contributed by atoms with van der Waals surface area (Å²) in [7, 11) is 8.75. The predicted octanol–water partition coefficient (Wildman–Crippen LogP) is 3.87. The van der Waals surface area contributed by atoms with Gasteiger partial charge in [-0.15, -0.1) is 0 Å². The standard InChI is InChI=1S/C27H31NO10/c1-14-8-18(29)24(27(31)38-14)17(15-9-19(32-2)25(36-6)20(10-15)33-3)13-23(30)28-16-11-21(34-4)26(37-7)22(12-16)35-5/h8-12,17,29H,13H2,1-7H3,(H,28,30)/t17-/m1/s1. The summed E-state index contributed by atoms with van der Waals surface area (Å²) in [6.07, 6.45) is -0.253. The van der Waals surface area contributed by atoms with Crippen molar-refractivity contribution in [1.29, 1.82) is 0 Å². The van der Waals surface area contributed by atoms with Crippen molar-refractivity contribution >= 4 is 11.6 Å². The Labute approximate surface area is 219 Å². The van der Waals surface area contributed by atoms with Gasteiger partial charge in [-0.05, 0) is 24.6 Å². The van der Waals surface area contributed by atoms with Crippen LogP contribution < -0.4 is 39.4 Å². The minimum Gasteiger partial charge on any atom is -0.507 e. The van der Waals surface area contributed by atoms with Gasteiger partial charge in [0, 0.05) is 36.2 Å². The third-order valence-corrected chi connectivity index (χ3v) is 5.87. The number of aromatic hydroxyl groups is 1. The highest BCUT2D eigenvalue weighted by Crippen LogP contribution is 2.43. The van der Waals surface area contributed by atoms with Gasteiger partial charge in [-0.25, -0.2) is 4.79 Å². The number of carbonyl (C=O) groups excluding carboxylic acids is 1. The van der Waals surface area contributed by atoms with Crippen LogP contribution in [0.5, 0.6) is 40.2 Å². The van der Waals surface area contributed by atoms with E-state index in [1.54, 1.807) is 24.3 Å². The van der Waals surface area contributed by atoms with E-state index in [-0.39, 0.29) is 23.5 Å². The molecule has 0 spiro atoms. The summed E-state index contributed by atoms with van der Waals surface area (Å²) in [4.78, 5) is 26.2. The molecule has 0 aliphatic rings. The highest BCUT2D eigenvalue weighted by atomic mass is 16.5. The number of rotatable bonds is 11. The van der Waals surface area contributed by atoms with E-state index in [1.807, 2.05) is 0 Å². The third kappa shape index (κ3) is 5.72. The molecule has 204 valence electrons. The van der Waals surface area contributed by atoms with Crippen molar-refractivity contribution in [2.45, 2.75) is 19.3 Å². The van der Waals surface area contributed by atoms with Crippen molar-refractivity contribution in [3.8, 4) is 40.2 Å². The maximum Gasteiger partial charge on any atom is 0.343 e. The summed E-state index contributed by atoms with van der Waals surface area (Å²) in [6.45, 7) is 1.54. The van der Waals surface area contributed by atoms with Crippen LogP contribution in [0.4, 0.5) is 5.69 Å². The number of anilines is 1. The lowest BCUT2D eigenvalue weighted by Gasteiger charge is -2.21. The summed E-state index contributed by atoms with van der Waals surface area (Å²) in [5.74, 6) is 0.519. The highest BCUT2D eigenvalue weighted by molar-refractivity contribution is 5.92. The fourth-order valence-electron chi connectivity index (χ4n) is 4.17. The maximum atomic E-state index is 13.3. The largest absolute Gasteiger partial charge is 0.507 e. The molecule has 1 heterocycles. The summed E-state index contributed by atoms with van der Waals surface area (Å²) in [5, 5.41) is 13.5. The molecule has 1 amide bonds. The zero-order valence-electron chi connectivity index (χ0n) is 22.3. The zero-order valence-corrected chi connectivity index (χ0v) is 22.3. The molecule has 0 aliphatic heterocycles. The Morgan fingerprint density at radius 3 is 1.71 bits per heavy atom. The van der Waals surface area contributed by atoms with Gasteiger partial charge in [0.05, 0.1) is 48.2 Å². The van der Waals surface area contributed by atoms with Gasteiger partial charge in [-0.3, -0.25) is 4.79 Å². The first-order valence-corrected chi connectivity index (χ1v) is 11.4. The normalized spacial score (nSPS) is 11.3. The Kier molecular flexibility index (Phi) is 8.95.